The van der Waals surface area contributed by atoms with Crippen LogP contribution in [-0.2, 0) is 9.84 Å². The first-order valence-corrected chi connectivity index (χ1v) is 9.85. The van der Waals surface area contributed by atoms with Gasteiger partial charge in [-0.05, 0) is 30.7 Å². The first kappa shape index (κ1) is 22.5. The molecule has 26 heavy (non-hydrogen) atoms. The highest BCUT2D eigenvalue weighted by molar-refractivity contribution is 14.0. The van der Waals surface area contributed by atoms with Crippen LogP contribution in [0, 0.1) is 0 Å². The van der Waals surface area contributed by atoms with Crippen LogP contribution in [0.3, 0.4) is 0 Å². The number of ether oxygens (including phenoxy) is 1. The van der Waals surface area contributed by atoms with E-state index in [4.69, 9.17) is 4.74 Å². The van der Waals surface area contributed by atoms with Crippen molar-refractivity contribution in [3.63, 3.8) is 0 Å². The number of guanidine groups is 1. The van der Waals surface area contributed by atoms with E-state index in [1.807, 2.05) is 0 Å². The Balaban J connectivity index is 0.00000338. The first-order valence-electron chi connectivity index (χ1n) is 8.03. The van der Waals surface area contributed by atoms with Crippen LogP contribution in [-0.4, -0.2) is 65.1 Å². The summed E-state index contributed by atoms with van der Waals surface area (Å²) >= 11 is 0. The third-order valence-electron chi connectivity index (χ3n) is 3.85. The summed E-state index contributed by atoms with van der Waals surface area (Å²) in [6.45, 7) is 0.884. The molecule has 1 aromatic rings. The van der Waals surface area contributed by atoms with E-state index in [1.54, 1.807) is 38.4 Å². The number of nitrogens with zero attached hydrogens (tertiary/aromatic N) is 1. The Morgan fingerprint density at radius 2 is 1.88 bits per heavy atom. The molecule has 1 aliphatic heterocycles. The van der Waals surface area contributed by atoms with Gasteiger partial charge in [0.05, 0.1) is 18.6 Å². The molecule has 1 aliphatic rings. The third kappa shape index (κ3) is 6.98. The van der Waals surface area contributed by atoms with Gasteiger partial charge >= 0.3 is 0 Å². The lowest BCUT2D eigenvalue weighted by Crippen LogP contribution is -2.46. The fourth-order valence-corrected chi connectivity index (χ4v) is 4.17. The van der Waals surface area contributed by atoms with Crippen molar-refractivity contribution < 1.29 is 17.9 Å². The Labute approximate surface area is 171 Å². The summed E-state index contributed by atoms with van der Waals surface area (Å²) < 4.78 is 28.0. The normalized spacial score (nSPS) is 18.5. The predicted octanol–water partition coefficient (Wildman–Crippen LogP) is 0.395. The van der Waals surface area contributed by atoms with E-state index in [9.17, 15) is 13.2 Å². The van der Waals surface area contributed by atoms with Crippen LogP contribution in [0.5, 0.6) is 5.75 Å². The van der Waals surface area contributed by atoms with Crippen LogP contribution in [0.2, 0.25) is 0 Å². The molecule has 1 saturated heterocycles. The number of carbonyl (C=O) groups is 1. The summed E-state index contributed by atoms with van der Waals surface area (Å²) in [5.74, 6) is 1.39. The Bertz CT molecular complexity index is 722. The van der Waals surface area contributed by atoms with Gasteiger partial charge in [-0.3, -0.25) is 9.79 Å². The molecule has 8 nitrogen and oxygen atoms in total. The van der Waals surface area contributed by atoms with Crippen molar-refractivity contribution in [2.24, 2.45) is 4.99 Å². The number of aliphatic imine (C=N–C) groups is 1. The van der Waals surface area contributed by atoms with E-state index >= 15 is 0 Å². The van der Waals surface area contributed by atoms with Crippen LogP contribution in [0.1, 0.15) is 16.8 Å². The summed E-state index contributed by atoms with van der Waals surface area (Å²) in [7, 11) is 0.259. The molecule has 0 radical (unpaired) electrons. The molecule has 1 amide bonds. The molecule has 1 unspecified atom stereocenters. The summed E-state index contributed by atoms with van der Waals surface area (Å²) in [6, 6.07) is 6.74. The van der Waals surface area contributed by atoms with Gasteiger partial charge in [-0.1, -0.05) is 0 Å². The van der Waals surface area contributed by atoms with Crippen molar-refractivity contribution in [1.82, 2.24) is 16.0 Å². The van der Waals surface area contributed by atoms with E-state index in [1.165, 1.54) is 0 Å². The van der Waals surface area contributed by atoms with Gasteiger partial charge in [0.25, 0.3) is 5.91 Å². The average Bonchev–Trinajstić information content (AvgIpc) is 2.96. The molecule has 0 aromatic heterocycles. The maximum Gasteiger partial charge on any atom is 0.251 e. The minimum Gasteiger partial charge on any atom is -0.497 e. The van der Waals surface area contributed by atoms with Crippen LogP contribution < -0.4 is 20.7 Å². The molecule has 0 saturated carbocycles. The summed E-state index contributed by atoms with van der Waals surface area (Å²) in [4.78, 5) is 16.1. The van der Waals surface area contributed by atoms with E-state index < -0.39 is 9.84 Å². The van der Waals surface area contributed by atoms with E-state index in [0.717, 1.165) is 0 Å². The van der Waals surface area contributed by atoms with E-state index in [0.29, 0.717) is 36.8 Å². The molecule has 2 rings (SSSR count). The van der Waals surface area contributed by atoms with Crippen molar-refractivity contribution in [1.29, 1.82) is 0 Å². The maximum absolute atomic E-state index is 12.0. The van der Waals surface area contributed by atoms with Gasteiger partial charge in [0.15, 0.2) is 15.8 Å². The summed E-state index contributed by atoms with van der Waals surface area (Å²) in [5, 5.41) is 8.95. The fourth-order valence-electron chi connectivity index (χ4n) is 2.50. The van der Waals surface area contributed by atoms with Crippen LogP contribution in [0.15, 0.2) is 29.3 Å². The minimum absolute atomic E-state index is 0. The molecule has 1 aromatic carbocycles. The topological polar surface area (TPSA) is 109 Å². The highest BCUT2D eigenvalue weighted by Crippen LogP contribution is 2.11. The molecule has 146 valence electrons. The number of sulfone groups is 1. The van der Waals surface area contributed by atoms with E-state index in [-0.39, 0.29) is 47.4 Å². The van der Waals surface area contributed by atoms with Gasteiger partial charge in [-0.15, -0.1) is 24.0 Å². The largest absolute Gasteiger partial charge is 0.497 e. The maximum atomic E-state index is 12.0. The Morgan fingerprint density at radius 1 is 1.23 bits per heavy atom. The van der Waals surface area contributed by atoms with Crippen molar-refractivity contribution in [3.8, 4) is 5.75 Å². The quantitative estimate of drug-likeness (QED) is 0.228. The Morgan fingerprint density at radius 3 is 2.42 bits per heavy atom. The highest BCUT2D eigenvalue weighted by Gasteiger charge is 2.28. The van der Waals surface area contributed by atoms with Crippen LogP contribution in [0.4, 0.5) is 0 Å². The molecular formula is C16H25IN4O4S. The van der Waals surface area contributed by atoms with Gasteiger partial charge in [-0.25, -0.2) is 8.42 Å². The second-order valence-corrected chi connectivity index (χ2v) is 7.96. The van der Waals surface area contributed by atoms with Crippen molar-refractivity contribution in [2.45, 2.75) is 12.5 Å². The second-order valence-electron chi connectivity index (χ2n) is 5.73. The molecule has 1 fully saturated rings. The van der Waals surface area contributed by atoms with Crippen molar-refractivity contribution in [3.05, 3.63) is 29.8 Å². The molecule has 1 atom stereocenters. The lowest BCUT2D eigenvalue weighted by atomic mass is 10.2. The number of methoxy groups -OCH3 is 1. The monoisotopic (exact) mass is 496 g/mol. The highest BCUT2D eigenvalue weighted by atomic mass is 127. The molecule has 1 heterocycles. The van der Waals surface area contributed by atoms with Gasteiger partial charge < -0.3 is 20.7 Å². The molecule has 10 heteroatoms. The number of hydrogen-bond donors (Lipinski definition) is 3. The number of carbonyl (C=O) groups excluding carboxylic acids is 1. The molecule has 0 spiro atoms. The number of amides is 1. The fraction of sp³-hybridized carbons (Fsp3) is 0.500. The van der Waals surface area contributed by atoms with Gasteiger partial charge in [0, 0.05) is 31.7 Å². The second kappa shape index (κ2) is 10.6. The summed E-state index contributed by atoms with van der Waals surface area (Å²) in [6.07, 6.45) is 0.581. The standard InChI is InChI=1S/C16H24N4O4S.HI/c1-17-16(20-13-7-10-25(22,23)11-13)19-9-8-18-15(21)12-3-5-14(24-2)6-4-12;/h3-6,13H,7-11H2,1-2H3,(H,18,21)(H2,17,19,20);1H. The minimum atomic E-state index is -2.93. The lowest BCUT2D eigenvalue weighted by molar-refractivity contribution is 0.0954. The number of halogens is 1. The number of benzene rings is 1. The van der Waals surface area contributed by atoms with Gasteiger partial charge in [0.2, 0.25) is 0 Å². The molecule has 0 aliphatic carbocycles. The molecular weight excluding hydrogens is 471 g/mol. The zero-order chi connectivity index (χ0) is 18.3. The Hall–Kier alpha value is -1.56. The zero-order valence-corrected chi connectivity index (χ0v) is 18.0. The summed E-state index contributed by atoms with van der Waals surface area (Å²) in [5.41, 5.74) is 0.555. The zero-order valence-electron chi connectivity index (χ0n) is 14.8. The Kier molecular flexibility index (Phi) is 9.13. The number of hydrogen-bond acceptors (Lipinski definition) is 5. The molecule has 3 N–H and O–H groups in total. The van der Waals surface area contributed by atoms with Gasteiger partial charge in [0.1, 0.15) is 5.75 Å². The average molecular weight is 496 g/mol. The van der Waals surface area contributed by atoms with Crippen LogP contribution >= 0.6 is 24.0 Å². The predicted molar refractivity (Wildman–Crippen MR) is 112 cm³/mol. The number of nitrogens with one attached hydrogen (secondary N) is 3. The van der Waals surface area contributed by atoms with E-state index in [2.05, 4.69) is 20.9 Å². The number of rotatable bonds is 6. The van der Waals surface area contributed by atoms with Crippen molar-refractivity contribution >= 4 is 45.7 Å². The SMILES string of the molecule is CN=C(NCCNC(=O)c1ccc(OC)cc1)NC1CCS(=O)(=O)C1.I. The smallest absolute Gasteiger partial charge is 0.251 e. The molecule has 0 bridgehead atoms. The van der Waals surface area contributed by atoms with Crippen molar-refractivity contribution in [2.75, 3.05) is 38.8 Å². The van der Waals surface area contributed by atoms with Crippen LogP contribution in [0.25, 0.3) is 0 Å². The third-order valence-corrected chi connectivity index (χ3v) is 5.62. The van der Waals surface area contributed by atoms with Gasteiger partial charge in [-0.2, -0.15) is 0 Å². The first-order chi connectivity index (χ1) is 11.9. The lowest BCUT2D eigenvalue weighted by Gasteiger charge is -2.16.